The summed E-state index contributed by atoms with van der Waals surface area (Å²) in [5.74, 6) is 0.0410. The van der Waals surface area contributed by atoms with Gasteiger partial charge in [-0.3, -0.25) is 9.89 Å². The van der Waals surface area contributed by atoms with Crippen LogP contribution in [-0.2, 0) is 4.79 Å². The Labute approximate surface area is 111 Å². The maximum Gasteiger partial charge on any atom is 0.241 e. The summed E-state index contributed by atoms with van der Waals surface area (Å²) < 4.78 is 0. The Kier molecular flexibility index (Phi) is 3.29. The zero-order chi connectivity index (χ0) is 13.1. The minimum atomic E-state index is -0.0594. The van der Waals surface area contributed by atoms with Gasteiger partial charge in [0.1, 0.15) is 0 Å². The van der Waals surface area contributed by atoms with Crippen LogP contribution in [0.3, 0.4) is 0 Å². The van der Waals surface area contributed by atoms with E-state index in [9.17, 15) is 4.79 Å². The monoisotopic (exact) mass is 256 g/mol. The predicted octanol–water partition coefficient (Wildman–Crippen LogP) is 1.77. The van der Waals surface area contributed by atoms with Gasteiger partial charge in [-0.1, -0.05) is 12.1 Å². The van der Waals surface area contributed by atoms with Gasteiger partial charge in [0.05, 0.1) is 11.7 Å². The first-order chi connectivity index (χ1) is 9.33. The molecule has 0 spiro atoms. The van der Waals surface area contributed by atoms with Crippen LogP contribution in [0.15, 0.2) is 36.5 Å². The third-order valence-electron chi connectivity index (χ3n) is 3.32. The molecule has 3 N–H and O–H groups in total. The third kappa shape index (κ3) is 2.66. The molecule has 1 unspecified atom stereocenters. The fraction of sp³-hybridized carbons (Fsp3) is 0.286. The van der Waals surface area contributed by atoms with Crippen molar-refractivity contribution >= 4 is 11.6 Å². The number of aromatic nitrogens is 2. The second-order valence-corrected chi connectivity index (χ2v) is 4.69. The first-order valence-corrected chi connectivity index (χ1v) is 6.47. The van der Waals surface area contributed by atoms with Crippen LogP contribution in [0, 0.1) is 0 Å². The Morgan fingerprint density at radius 2 is 2.32 bits per heavy atom. The van der Waals surface area contributed by atoms with Crippen LogP contribution >= 0.6 is 0 Å². The van der Waals surface area contributed by atoms with Crippen LogP contribution in [0.1, 0.15) is 12.8 Å². The van der Waals surface area contributed by atoms with E-state index in [1.165, 1.54) is 0 Å². The van der Waals surface area contributed by atoms with E-state index in [1.54, 1.807) is 6.20 Å². The molecule has 5 nitrogen and oxygen atoms in total. The number of carbonyl (C=O) groups is 1. The van der Waals surface area contributed by atoms with Gasteiger partial charge in [0.15, 0.2) is 0 Å². The molecule has 1 saturated heterocycles. The van der Waals surface area contributed by atoms with Crippen molar-refractivity contribution in [2.45, 2.75) is 18.9 Å². The number of nitrogens with one attached hydrogen (secondary N) is 3. The molecule has 3 rings (SSSR count). The van der Waals surface area contributed by atoms with E-state index in [0.29, 0.717) is 0 Å². The lowest BCUT2D eigenvalue weighted by Gasteiger charge is -2.11. The summed E-state index contributed by atoms with van der Waals surface area (Å²) in [6, 6.07) is 9.59. The van der Waals surface area contributed by atoms with Crippen LogP contribution in [0.5, 0.6) is 0 Å². The van der Waals surface area contributed by atoms with E-state index in [0.717, 1.165) is 36.3 Å². The van der Waals surface area contributed by atoms with Gasteiger partial charge in [0, 0.05) is 17.4 Å². The molecule has 1 amide bonds. The summed E-state index contributed by atoms with van der Waals surface area (Å²) in [4.78, 5) is 12.0. The van der Waals surface area contributed by atoms with Crippen LogP contribution < -0.4 is 10.6 Å². The van der Waals surface area contributed by atoms with Gasteiger partial charge in [-0.05, 0) is 37.6 Å². The lowest BCUT2D eigenvalue weighted by atomic mass is 10.1. The second kappa shape index (κ2) is 5.24. The molecule has 2 aromatic rings. The van der Waals surface area contributed by atoms with Crippen molar-refractivity contribution in [3.05, 3.63) is 36.5 Å². The quantitative estimate of drug-likeness (QED) is 0.783. The highest BCUT2D eigenvalue weighted by molar-refractivity contribution is 5.95. The molecular formula is C14H16N4O. The largest absolute Gasteiger partial charge is 0.325 e. The Hall–Kier alpha value is -2.14. The van der Waals surface area contributed by atoms with Crippen LogP contribution in [0.2, 0.25) is 0 Å². The van der Waals surface area contributed by atoms with Crippen molar-refractivity contribution < 1.29 is 4.79 Å². The standard InChI is InChI=1S/C14H16N4O/c19-14(13-5-2-7-15-13)17-11-4-1-3-10(9-11)12-6-8-16-18-12/h1,3-4,6,8-9,13,15H,2,5,7H2,(H,16,18)(H,17,19). The highest BCUT2D eigenvalue weighted by Crippen LogP contribution is 2.20. The first-order valence-electron chi connectivity index (χ1n) is 6.47. The normalized spacial score (nSPS) is 18.4. The molecule has 1 aliphatic heterocycles. The molecule has 0 aliphatic carbocycles. The topological polar surface area (TPSA) is 69.8 Å². The van der Waals surface area contributed by atoms with Crippen molar-refractivity contribution in [1.82, 2.24) is 15.5 Å². The van der Waals surface area contributed by atoms with Crippen molar-refractivity contribution in [2.75, 3.05) is 11.9 Å². The van der Waals surface area contributed by atoms with Gasteiger partial charge in [0.25, 0.3) is 0 Å². The zero-order valence-electron chi connectivity index (χ0n) is 10.5. The van der Waals surface area contributed by atoms with Crippen LogP contribution in [0.25, 0.3) is 11.3 Å². The van der Waals surface area contributed by atoms with E-state index in [1.807, 2.05) is 30.3 Å². The number of rotatable bonds is 3. The number of H-pyrrole nitrogens is 1. The van der Waals surface area contributed by atoms with Gasteiger partial charge in [-0.25, -0.2) is 0 Å². The van der Waals surface area contributed by atoms with Crippen LogP contribution in [-0.4, -0.2) is 28.7 Å². The fourth-order valence-corrected chi connectivity index (χ4v) is 2.32. The Morgan fingerprint density at radius 3 is 3.05 bits per heavy atom. The van der Waals surface area contributed by atoms with E-state index in [4.69, 9.17) is 0 Å². The first kappa shape index (κ1) is 11.9. The number of carbonyl (C=O) groups excluding carboxylic acids is 1. The predicted molar refractivity (Wildman–Crippen MR) is 73.7 cm³/mol. The summed E-state index contributed by atoms with van der Waals surface area (Å²) >= 11 is 0. The average molecular weight is 256 g/mol. The molecule has 1 aromatic carbocycles. The highest BCUT2D eigenvalue weighted by atomic mass is 16.2. The lowest BCUT2D eigenvalue weighted by Crippen LogP contribution is -2.35. The molecule has 98 valence electrons. The summed E-state index contributed by atoms with van der Waals surface area (Å²) in [6.07, 6.45) is 3.68. The van der Waals surface area contributed by atoms with E-state index < -0.39 is 0 Å². The maximum atomic E-state index is 12.0. The van der Waals surface area contributed by atoms with Gasteiger partial charge in [-0.15, -0.1) is 0 Å². The Balaban J connectivity index is 1.74. The van der Waals surface area contributed by atoms with E-state index in [2.05, 4.69) is 20.8 Å². The number of aromatic amines is 1. The van der Waals surface area contributed by atoms with E-state index >= 15 is 0 Å². The zero-order valence-corrected chi connectivity index (χ0v) is 10.5. The van der Waals surface area contributed by atoms with E-state index in [-0.39, 0.29) is 11.9 Å². The van der Waals surface area contributed by atoms with Crippen LogP contribution in [0.4, 0.5) is 5.69 Å². The summed E-state index contributed by atoms with van der Waals surface area (Å²) in [5, 5.41) is 13.0. The number of hydrogen-bond donors (Lipinski definition) is 3. The molecular weight excluding hydrogens is 240 g/mol. The smallest absolute Gasteiger partial charge is 0.241 e. The molecule has 2 heterocycles. The van der Waals surface area contributed by atoms with Crippen molar-refractivity contribution in [1.29, 1.82) is 0 Å². The molecule has 0 bridgehead atoms. The Morgan fingerprint density at radius 1 is 1.37 bits per heavy atom. The number of nitrogens with zero attached hydrogens (tertiary/aromatic N) is 1. The lowest BCUT2D eigenvalue weighted by molar-refractivity contribution is -0.117. The molecule has 0 saturated carbocycles. The summed E-state index contributed by atoms with van der Waals surface area (Å²) in [6.45, 7) is 0.923. The summed E-state index contributed by atoms with van der Waals surface area (Å²) in [5.41, 5.74) is 2.76. The minimum absolute atomic E-state index is 0.0410. The third-order valence-corrected chi connectivity index (χ3v) is 3.32. The average Bonchev–Trinajstić information content (AvgIpc) is 3.13. The highest BCUT2D eigenvalue weighted by Gasteiger charge is 2.21. The SMILES string of the molecule is O=C(Nc1cccc(-c2ccn[nH]2)c1)C1CCCN1. The number of benzene rings is 1. The van der Waals surface area contributed by atoms with Crippen molar-refractivity contribution in [3.8, 4) is 11.3 Å². The van der Waals surface area contributed by atoms with Gasteiger partial charge >= 0.3 is 0 Å². The van der Waals surface area contributed by atoms with Gasteiger partial charge in [-0.2, -0.15) is 5.10 Å². The number of hydrogen-bond acceptors (Lipinski definition) is 3. The second-order valence-electron chi connectivity index (χ2n) is 4.69. The Bertz CT molecular complexity index is 559. The van der Waals surface area contributed by atoms with Crippen molar-refractivity contribution in [3.63, 3.8) is 0 Å². The van der Waals surface area contributed by atoms with Crippen molar-refractivity contribution in [2.24, 2.45) is 0 Å². The number of amides is 1. The number of anilines is 1. The summed E-state index contributed by atoms with van der Waals surface area (Å²) in [7, 11) is 0. The molecule has 19 heavy (non-hydrogen) atoms. The van der Waals surface area contributed by atoms with Gasteiger partial charge in [0.2, 0.25) is 5.91 Å². The fourth-order valence-electron chi connectivity index (χ4n) is 2.32. The minimum Gasteiger partial charge on any atom is -0.325 e. The molecule has 1 aliphatic rings. The molecule has 1 aromatic heterocycles. The molecule has 0 radical (unpaired) electrons. The van der Waals surface area contributed by atoms with Gasteiger partial charge < -0.3 is 10.6 Å². The maximum absolute atomic E-state index is 12.0. The molecule has 1 atom stereocenters. The molecule has 1 fully saturated rings. The molecule has 5 heteroatoms.